The average Bonchev–Trinajstić information content (AvgIpc) is 2.78. The highest BCUT2D eigenvalue weighted by molar-refractivity contribution is 5.91. The highest BCUT2D eigenvalue weighted by Crippen LogP contribution is 2.22. The maximum absolute atomic E-state index is 12.1. The smallest absolute Gasteiger partial charge is 0.387 e. The van der Waals surface area contributed by atoms with Gasteiger partial charge in [-0.15, -0.1) is 0 Å². The Bertz CT molecular complexity index is 641. The molecule has 1 amide bonds. The number of alkyl halides is 2. The molecule has 7 heteroatoms. The Labute approximate surface area is 120 Å². The molecule has 0 bridgehead atoms. The van der Waals surface area contributed by atoms with Crippen molar-refractivity contribution in [3.8, 4) is 5.75 Å². The first-order valence-corrected chi connectivity index (χ1v) is 6.29. The number of carbonyl (C=O) groups excluding carboxylic acids is 1. The van der Waals surface area contributed by atoms with Gasteiger partial charge < -0.3 is 10.1 Å². The molecule has 0 aliphatic heterocycles. The number of ether oxygens (including phenoxy) is 1. The molecule has 1 aromatic heterocycles. The van der Waals surface area contributed by atoms with E-state index < -0.39 is 6.61 Å². The highest BCUT2D eigenvalue weighted by Gasteiger charge is 2.10. The second kappa shape index (κ2) is 6.34. The van der Waals surface area contributed by atoms with E-state index in [0.29, 0.717) is 11.3 Å². The van der Waals surface area contributed by atoms with Gasteiger partial charge in [0.15, 0.2) is 0 Å². The summed E-state index contributed by atoms with van der Waals surface area (Å²) in [6.45, 7) is 0.774. The van der Waals surface area contributed by atoms with Crippen LogP contribution in [-0.4, -0.2) is 22.3 Å². The standard InChI is InChI=1S/C14H15F2N3O2/c1-9-7-11(21-14(15)16)3-4-12(9)18-13(20)8-19-10(2)5-6-17-19/h3-7,14H,8H2,1-2H3,(H,18,20). The third-order valence-corrected chi connectivity index (χ3v) is 2.92. The van der Waals surface area contributed by atoms with Gasteiger partial charge in [0.2, 0.25) is 5.91 Å². The second-order valence-corrected chi connectivity index (χ2v) is 4.53. The van der Waals surface area contributed by atoms with Crippen molar-refractivity contribution in [3.05, 3.63) is 41.7 Å². The van der Waals surface area contributed by atoms with E-state index in [9.17, 15) is 13.6 Å². The molecular weight excluding hydrogens is 280 g/mol. The summed E-state index contributed by atoms with van der Waals surface area (Å²) in [5.41, 5.74) is 2.06. The highest BCUT2D eigenvalue weighted by atomic mass is 19.3. The van der Waals surface area contributed by atoms with Gasteiger partial charge in [-0.3, -0.25) is 9.48 Å². The summed E-state index contributed by atoms with van der Waals surface area (Å²) in [5.74, 6) is -0.184. The lowest BCUT2D eigenvalue weighted by Crippen LogP contribution is -2.20. The fourth-order valence-electron chi connectivity index (χ4n) is 1.84. The summed E-state index contributed by atoms with van der Waals surface area (Å²) < 4.78 is 30.1. The lowest BCUT2D eigenvalue weighted by atomic mass is 10.2. The minimum absolute atomic E-state index is 0.0587. The van der Waals surface area contributed by atoms with Gasteiger partial charge in [0.05, 0.1) is 0 Å². The quantitative estimate of drug-likeness (QED) is 0.922. The third-order valence-electron chi connectivity index (χ3n) is 2.92. The molecule has 2 rings (SSSR count). The first kappa shape index (κ1) is 15.0. The summed E-state index contributed by atoms with van der Waals surface area (Å²) in [7, 11) is 0. The minimum atomic E-state index is -2.87. The number of hydrogen-bond donors (Lipinski definition) is 1. The topological polar surface area (TPSA) is 56.1 Å². The van der Waals surface area contributed by atoms with Crippen LogP contribution in [0.5, 0.6) is 5.75 Å². The number of nitrogens with zero attached hydrogens (tertiary/aromatic N) is 2. The molecule has 0 saturated heterocycles. The average molecular weight is 295 g/mol. The van der Waals surface area contributed by atoms with Crippen LogP contribution in [0.25, 0.3) is 0 Å². The van der Waals surface area contributed by atoms with Gasteiger partial charge in [-0.1, -0.05) is 0 Å². The van der Waals surface area contributed by atoms with Gasteiger partial charge >= 0.3 is 6.61 Å². The van der Waals surface area contributed by atoms with Crippen molar-refractivity contribution in [1.82, 2.24) is 9.78 Å². The number of halogens is 2. The Morgan fingerprint density at radius 1 is 1.38 bits per heavy atom. The summed E-state index contributed by atoms with van der Waals surface area (Å²) in [4.78, 5) is 11.9. The van der Waals surface area contributed by atoms with Gasteiger partial charge in [-0.05, 0) is 43.7 Å². The summed E-state index contributed by atoms with van der Waals surface area (Å²) in [6, 6.07) is 6.16. The van der Waals surface area contributed by atoms with Crippen molar-refractivity contribution in [1.29, 1.82) is 0 Å². The van der Waals surface area contributed by atoms with Crippen LogP contribution in [0.3, 0.4) is 0 Å². The number of rotatable bonds is 5. The summed E-state index contributed by atoms with van der Waals surface area (Å²) in [5, 5.41) is 6.73. The molecule has 0 saturated carbocycles. The number of aromatic nitrogens is 2. The molecular formula is C14H15F2N3O2. The molecule has 21 heavy (non-hydrogen) atoms. The molecule has 0 fully saturated rings. The molecule has 112 valence electrons. The van der Waals surface area contributed by atoms with Crippen LogP contribution in [-0.2, 0) is 11.3 Å². The predicted octanol–water partition coefficient (Wildman–Crippen LogP) is 2.74. The summed E-state index contributed by atoms with van der Waals surface area (Å²) in [6.07, 6.45) is 1.62. The molecule has 5 nitrogen and oxygen atoms in total. The zero-order valence-electron chi connectivity index (χ0n) is 11.6. The molecule has 1 aromatic carbocycles. The first-order chi connectivity index (χ1) is 9.95. The van der Waals surface area contributed by atoms with E-state index in [2.05, 4.69) is 15.2 Å². The van der Waals surface area contributed by atoms with Gasteiger partial charge in [0.25, 0.3) is 0 Å². The molecule has 1 heterocycles. The SMILES string of the molecule is Cc1cc(OC(F)F)ccc1NC(=O)Cn1nccc1C. The van der Waals surface area contributed by atoms with E-state index >= 15 is 0 Å². The van der Waals surface area contributed by atoms with Crippen molar-refractivity contribution >= 4 is 11.6 Å². The molecule has 0 aliphatic carbocycles. The van der Waals surface area contributed by atoms with Gasteiger partial charge in [-0.2, -0.15) is 13.9 Å². The number of benzene rings is 1. The molecule has 0 atom stereocenters. The van der Waals surface area contributed by atoms with Crippen LogP contribution in [0.15, 0.2) is 30.5 Å². The Morgan fingerprint density at radius 3 is 2.71 bits per heavy atom. The number of nitrogens with one attached hydrogen (secondary N) is 1. The molecule has 2 aromatic rings. The van der Waals surface area contributed by atoms with Crippen LogP contribution in [0.2, 0.25) is 0 Å². The first-order valence-electron chi connectivity index (χ1n) is 6.29. The van der Waals surface area contributed by atoms with E-state index in [1.807, 2.05) is 6.92 Å². The molecule has 0 radical (unpaired) electrons. The third kappa shape index (κ3) is 4.01. The second-order valence-electron chi connectivity index (χ2n) is 4.53. The zero-order valence-corrected chi connectivity index (χ0v) is 11.6. The van der Waals surface area contributed by atoms with E-state index in [1.54, 1.807) is 23.9 Å². The molecule has 0 aliphatic rings. The number of amides is 1. The molecule has 0 unspecified atom stereocenters. The monoisotopic (exact) mass is 295 g/mol. The maximum atomic E-state index is 12.1. The maximum Gasteiger partial charge on any atom is 0.387 e. The Hall–Kier alpha value is -2.44. The molecule has 0 spiro atoms. The largest absolute Gasteiger partial charge is 0.435 e. The summed E-state index contributed by atoms with van der Waals surface area (Å²) >= 11 is 0. The zero-order chi connectivity index (χ0) is 15.4. The minimum Gasteiger partial charge on any atom is -0.435 e. The van der Waals surface area contributed by atoms with Crippen LogP contribution >= 0.6 is 0 Å². The normalized spacial score (nSPS) is 10.7. The van der Waals surface area contributed by atoms with Gasteiger partial charge in [-0.25, -0.2) is 0 Å². The lowest BCUT2D eigenvalue weighted by molar-refractivity contribution is -0.117. The van der Waals surface area contributed by atoms with E-state index in [4.69, 9.17) is 0 Å². The number of anilines is 1. The van der Waals surface area contributed by atoms with Crippen molar-refractivity contribution < 1.29 is 18.3 Å². The van der Waals surface area contributed by atoms with Gasteiger partial charge in [0.1, 0.15) is 12.3 Å². The van der Waals surface area contributed by atoms with Crippen molar-refractivity contribution in [3.63, 3.8) is 0 Å². The van der Waals surface area contributed by atoms with E-state index in [0.717, 1.165) is 5.69 Å². The van der Waals surface area contributed by atoms with Crippen molar-refractivity contribution in [2.24, 2.45) is 0 Å². The predicted molar refractivity (Wildman–Crippen MR) is 73.4 cm³/mol. The fraction of sp³-hybridized carbons (Fsp3) is 0.286. The van der Waals surface area contributed by atoms with E-state index in [1.165, 1.54) is 18.2 Å². The Balaban J connectivity index is 2.02. The Morgan fingerprint density at radius 2 is 2.14 bits per heavy atom. The van der Waals surface area contributed by atoms with Crippen molar-refractivity contribution in [2.45, 2.75) is 27.0 Å². The number of hydrogen-bond acceptors (Lipinski definition) is 3. The molecule has 1 N–H and O–H groups in total. The van der Waals surface area contributed by atoms with Crippen LogP contribution in [0, 0.1) is 13.8 Å². The van der Waals surface area contributed by atoms with Crippen LogP contribution in [0.4, 0.5) is 14.5 Å². The number of aryl methyl sites for hydroxylation is 2. The van der Waals surface area contributed by atoms with Gasteiger partial charge in [0, 0.05) is 17.6 Å². The van der Waals surface area contributed by atoms with Crippen molar-refractivity contribution in [2.75, 3.05) is 5.32 Å². The fourth-order valence-corrected chi connectivity index (χ4v) is 1.84. The number of carbonyl (C=O) groups is 1. The van der Waals surface area contributed by atoms with E-state index in [-0.39, 0.29) is 18.2 Å². The Kier molecular flexibility index (Phi) is 4.52. The van der Waals surface area contributed by atoms with Crippen LogP contribution < -0.4 is 10.1 Å². The van der Waals surface area contributed by atoms with Crippen LogP contribution in [0.1, 0.15) is 11.3 Å². The lowest BCUT2D eigenvalue weighted by Gasteiger charge is -2.11.